The van der Waals surface area contributed by atoms with Crippen LogP contribution in [-0.2, 0) is 19.5 Å². The fourth-order valence-electron chi connectivity index (χ4n) is 3.18. The van der Waals surface area contributed by atoms with Crippen molar-refractivity contribution >= 4 is 5.69 Å². The minimum atomic E-state index is 0.749. The third kappa shape index (κ3) is 3.51. The Balaban J connectivity index is 1.55. The van der Waals surface area contributed by atoms with Crippen LogP contribution in [-0.4, -0.2) is 26.4 Å². The summed E-state index contributed by atoms with van der Waals surface area (Å²) in [5.41, 5.74) is 12.0. The molecule has 25 heavy (non-hydrogen) atoms. The average Bonchev–Trinajstić information content (AvgIpc) is 2.62. The van der Waals surface area contributed by atoms with Gasteiger partial charge in [-0.2, -0.15) is 0 Å². The third-order valence-corrected chi connectivity index (χ3v) is 4.53. The highest BCUT2D eigenvalue weighted by molar-refractivity contribution is 5.58. The Kier molecular flexibility index (Phi) is 4.15. The number of nitrogens with zero attached hydrogens (tertiary/aromatic N) is 4. The molecule has 5 heteroatoms. The normalized spacial score (nSPS) is 14.3. The number of hydrogen-bond donors (Lipinski definition) is 1. The summed E-state index contributed by atoms with van der Waals surface area (Å²) < 4.78 is 0. The summed E-state index contributed by atoms with van der Waals surface area (Å²) in [4.78, 5) is 16.3. The summed E-state index contributed by atoms with van der Waals surface area (Å²) >= 11 is 0. The van der Waals surface area contributed by atoms with Gasteiger partial charge >= 0.3 is 0 Å². The Bertz CT molecular complexity index is 889. The first-order chi connectivity index (χ1) is 12.2. The largest absolute Gasteiger partial charge is 0.399 e. The molecule has 0 spiro atoms. The van der Waals surface area contributed by atoms with Crippen LogP contribution in [0.1, 0.15) is 22.6 Å². The predicted molar refractivity (Wildman–Crippen MR) is 98.7 cm³/mol. The second kappa shape index (κ2) is 6.61. The van der Waals surface area contributed by atoms with Crippen LogP contribution in [0.25, 0.3) is 11.4 Å². The molecule has 126 valence electrons. The second-order valence-electron chi connectivity index (χ2n) is 6.52. The van der Waals surface area contributed by atoms with Crippen molar-refractivity contribution in [3.05, 3.63) is 71.3 Å². The molecule has 3 heterocycles. The molecule has 0 saturated heterocycles. The fourth-order valence-corrected chi connectivity index (χ4v) is 3.18. The number of fused-ring (bicyclic) bond motifs is 1. The molecule has 0 saturated carbocycles. The molecule has 0 bridgehead atoms. The highest BCUT2D eigenvalue weighted by atomic mass is 15.1. The van der Waals surface area contributed by atoms with Gasteiger partial charge in [0.05, 0.1) is 11.4 Å². The lowest BCUT2D eigenvalue weighted by atomic mass is 10.1. The number of pyridine rings is 1. The van der Waals surface area contributed by atoms with Crippen LogP contribution >= 0.6 is 0 Å². The van der Waals surface area contributed by atoms with Crippen LogP contribution < -0.4 is 5.73 Å². The number of nitrogens with two attached hydrogens (primary N) is 1. The van der Waals surface area contributed by atoms with Gasteiger partial charge in [-0.1, -0.05) is 6.07 Å². The molecule has 3 aromatic rings. The van der Waals surface area contributed by atoms with E-state index in [0.717, 1.165) is 60.2 Å². The van der Waals surface area contributed by atoms with Crippen molar-refractivity contribution < 1.29 is 0 Å². The lowest BCUT2D eigenvalue weighted by Gasteiger charge is -2.27. The van der Waals surface area contributed by atoms with E-state index in [1.807, 2.05) is 43.5 Å². The lowest BCUT2D eigenvalue weighted by molar-refractivity contribution is 0.238. The topological polar surface area (TPSA) is 67.9 Å². The molecule has 0 atom stereocenters. The molecule has 4 rings (SSSR count). The Morgan fingerprint density at radius 2 is 1.92 bits per heavy atom. The van der Waals surface area contributed by atoms with Crippen LogP contribution in [0.4, 0.5) is 5.69 Å². The summed E-state index contributed by atoms with van der Waals surface area (Å²) in [7, 11) is 0. The van der Waals surface area contributed by atoms with Gasteiger partial charge < -0.3 is 5.73 Å². The molecule has 2 aromatic heterocycles. The van der Waals surface area contributed by atoms with E-state index >= 15 is 0 Å². The van der Waals surface area contributed by atoms with Crippen molar-refractivity contribution in [2.24, 2.45) is 0 Å². The molecule has 0 aliphatic carbocycles. The molecule has 0 amide bonds. The molecule has 5 nitrogen and oxygen atoms in total. The molecule has 1 aliphatic rings. The van der Waals surface area contributed by atoms with Crippen molar-refractivity contribution in [1.29, 1.82) is 0 Å². The predicted octanol–water partition coefficient (Wildman–Crippen LogP) is 2.99. The molecule has 1 aliphatic heterocycles. The van der Waals surface area contributed by atoms with Gasteiger partial charge in [-0.25, -0.2) is 9.97 Å². The van der Waals surface area contributed by atoms with Gasteiger partial charge in [-0.3, -0.25) is 9.88 Å². The van der Waals surface area contributed by atoms with E-state index in [9.17, 15) is 0 Å². The fraction of sp³-hybridized carbons (Fsp3) is 0.250. The van der Waals surface area contributed by atoms with E-state index in [4.69, 9.17) is 10.7 Å². The lowest BCUT2D eigenvalue weighted by Crippen LogP contribution is -2.31. The summed E-state index contributed by atoms with van der Waals surface area (Å²) in [5.74, 6) is 0.759. The number of nitrogen functional groups attached to an aromatic ring is 1. The van der Waals surface area contributed by atoms with Crippen molar-refractivity contribution in [2.75, 3.05) is 12.3 Å². The molecule has 0 unspecified atom stereocenters. The Morgan fingerprint density at radius 3 is 2.72 bits per heavy atom. The number of aromatic nitrogens is 3. The molecular formula is C20H21N5. The van der Waals surface area contributed by atoms with E-state index in [-0.39, 0.29) is 0 Å². The molecule has 0 radical (unpaired) electrons. The standard InChI is InChI=1S/C20H21N5/c1-14-3-2-4-18(23-14)12-25-10-9-16-11-22-20(24-19(16)13-25)15-5-7-17(21)8-6-15/h2-8,11H,9-10,12-13,21H2,1H3. The Hall–Kier alpha value is -2.79. The van der Waals surface area contributed by atoms with E-state index in [1.165, 1.54) is 5.56 Å². The summed E-state index contributed by atoms with van der Waals surface area (Å²) in [6.45, 7) is 4.71. The minimum Gasteiger partial charge on any atom is -0.399 e. The third-order valence-electron chi connectivity index (χ3n) is 4.53. The van der Waals surface area contributed by atoms with Crippen molar-refractivity contribution in [3.8, 4) is 11.4 Å². The number of anilines is 1. The zero-order valence-corrected chi connectivity index (χ0v) is 14.3. The number of rotatable bonds is 3. The molecule has 0 fully saturated rings. The Morgan fingerprint density at radius 1 is 1.08 bits per heavy atom. The maximum Gasteiger partial charge on any atom is 0.159 e. The first-order valence-corrected chi connectivity index (χ1v) is 8.53. The van der Waals surface area contributed by atoms with Crippen molar-refractivity contribution in [1.82, 2.24) is 19.9 Å². The van der Waals surface area contributed by atoms with E-state index in [2.05, 4.69) is 27.0 Å². The second-order valence-corrected chi connectivity index (χ2v) is 6.52. The minimum absolute atomic E-state index is 0.749. The van der Waals surface area contributed by atoms with E-state index in [1.54, 1.807) is 0 Å². The molecular weight excluding hydrogens is 310 g/mol. The van der Waals surface area contributed by atoms with Gasteiger partial charge in [-0.15, -0.1) is 0 Å². The van der Waals surface area contributed by atoms with Crippen molar-refractivity contribution in [3.63, 3.8) is 0 Å². The number of hydrogen-bond acceptors (Lipinski definition) is 5. The first kappa shape index (κ1) is 15.7. The van der Waals surface area contributed by atoms with Crippen LogP contribution in [0.5, 0.6) is 0 Å². The highest BCUT2D eigenvalue weighted by Crippen LogP contribution is 2.22. The summed E-state index contributed by atoms with van der Waals surface area (Å²) in [6.07, 6.45) is 2.94. The Labute approximate surface area is 147 Å². The molecule has 1 aromatic carbocycles. The summed E-state index contributed by atoms with van der Waals surface area (Å²) in [6, 6.07) is 13.9. The van der Waals surface area contributed by atoms with E-state index in [0.29, 0.717) is 0 Å². The first-order valence-electron chi connectivity index (χ1n) is 8.53. The quantitative estimate of drug-likeness (QED) is 0.747. The number of aryl methyl sites for hydroxylation is 1. The van der Waals surface area contributed by atoms with Gasteiger partial charge in [0.15, 0.2) is 5.82 Å². The smallest absolute Gasteiger partial charge is 0.159 e. The van der Waals surface area contributed by atoms with Crippen LogP contribution in [0.2, 0.25) is 0 Å². The maximum atomic E-state index is 5.76. The van der Waals surface area contributed by atoms with Crippen LogP contribution in [0.3, 0.4) is 0 Å². The monoisotopic (exact) mass is 331 g/mol. The van der Waals surface area contributed by atoms with Gasteiger partial charge in [0, 0.05) is 42.8 Å². The maximum absolute atomic E-state index is 5.76. The van der Waals surface area contributed by atoms with Crippen molar-refractivity contribution in [2.45, 2.75) is 26.4 Å². The molecule has 2 N–H and O–H groups in total. The van der Waals surface area contributed by atoms with Gasteiger partial charge in [0.1, 0.15) is 0 Å². The van der Waals surface area contributed by atoms with E-state index < -0.39 is 0 Å². The van der Waals surface area contributed by atoms with Gasteiger partial charge in [-0.05, 0) is 55.3 Å². The van der Waals surface area contributed by atoms with Crippen LogP contribution in [0, 0.1) is 6.92 Å². The van der Waals surface area contributed by atoms with Crippen LogP contribution in [0.15, 0.2) is 48.7 Å². The average molecular weight is 331 g/mol. The van der Waals surface area contributed by atoms with Gasteiger partial charge in [0.2, 0.25) is 0 Å². The SMILES string of the molecule is Cc1cccc(CN2CCc3cnc(-c4ccc(N)cc4)nc3C2)n1. The zero-order valence-electron chi connectivity index (χ0n) is 14.3. The van der Waals surface area contributed by atoms with Gasteiger partial charge in [0.25, 0.3) is 0 Å². The summed E-state index contributed by atoms with van der Waals surface area (Å²) in [5, 5.41) is 0. The number of benzene rings is 1. The highest BCUT2D eigenvalue weighted by Gasteiger charge is 2.19. The zero-order chi connectivity index (χ0) is 17.2.